The maximum Gasteiger partial charge on any atom is 0.229 e. The van der Waals surface area contributed by atoms with Gasteiger partial charge in [-0.2, -0.15) is 0 Å². The minimum atomic E-state index is 0.0787. The summed E-state index contributed by atoms with van der Waals surface area (Å²) in [5, 5.41) is 3.53. The Kier molecular flexibility index (Phi) is 4.23. The number of carbonyl (C=O) groups excluding carboxylic acids is 1. The average Bonchev–Trinajstić information content (AvgIpc) is 2.92. The van der Waals surface area contributed by atoms with E-state index in [0.717, 1.165) is 24.1 Å². The van der Waals surface area contributed by atoms with Crippen molar-refractivity contribution in [2.24, 2.45) is 17.1 Å². The second kappa shape index (κ2) is 5.72. The van der Waals surface area contributed by atoms with Crippen LogP contribution in [0.1, 0.15) is 38.0 Å². The predicted molar refractivity (Wildman–Crippen MR) is 77.8 cm³/mol. The van der Waals surface area contributed by atoms with E-state index in [1.54, 1.807) is 6.20 Å². The molecule has 1 atom stereocenters. The molecule has 0 aliphatic heterocycles. The molecule has 0 aromatic carbocycles. The zero-order valence-electron chi connectivity index (χ0n) is 11.3. The number of nitrogens with two attached hydrogens (primary N) is 1. The average molecular weight is 277 g/mol. The van der Waals surface area contributed by atoms with Crippen LogP contribution in [0.4, 0.5) is 5.13 Å². The van der Waals surface area contributed by atoms with Gasteiger partial charge in [0.05, 0.1) is 17.6 Å². The summed E-state index contributed by atoms with van der Waals surface area (Å²) in [5.41, 5.74) is 5.40. The number of nitrogens with zero attached hydrogens (tertiary/aromatic N) is 1. The van der Waals surface area contributed by atoms with Gasteiger partial charge in [-0.15, -0.1) is 0 Å². The molecule has 0 bridgehead atoms. The van der Waals surface area contributed by atoms with Gasteiger partial charge in [0, 0.05) is 5.92 Å². The van der Waals surface area contributed by atoms with Crippen molar-refractivity contribution in [1.82, 2.24) is 4.98 Å². The molecule has 4 nitrogen and oxygen atoms in total. The summed E-state index contributed by atoms with van der Waals surface area (Å²) in [4.78, 5) is 17.3. The van der Waals surface area contributed by atoms with Crippen LogP contribution in [-0.2, 0) is 4.79 Å². The zero-order chi connectivity index (χ0) is 13.9. The molecular weight excluding hydrogens is 258 g/mol. The van der Waals surface area contributed by atoms with Gasteiger partial charge in [-0.1, -0.05) is 43.4 Å². The number of carbonyl (C=O) groups is 1. The van der Waals surface area contributed by atoms with Crippen molar-refractivity contribution in [2.45, 2.75) is 33.1 Å². The lowest BCUT2D eigenvalue weighted by molar-refractivity contribution is -0.122. The number of rotatable bonds is 2. The van der Waals surface area contributed by atoms with E-state index < -0.39 is 0 Å². The second-order valence-corrected chi connectivity index (χ2v) is 6.49. The molecule has 1 aliphatic carbocycles. The standard InChI is InChI=1S/C14H19N3OS/c1-14(2)7-3-6-11(14)12(18)17-13-16-9-10(19-13)5-4-8-15/h9,11H,3,6-8,15H2,1-2H3,(H,16,17,18). The molecule has 1 aromatic heterocycles. The van der Waals surface area contributed by atoms with Crippen molar-refractivity contribution in [1.29, 1.82) is 0 Å². The van der Waals surface area contributed by atoms with Gasteiger partial charge in [-0.3, -0.25) is 4.79 Å². The Labute approximate surface area is 117 Å². The molecule has 1 heterocycles. The number of aromatic nitrogens is 1. The molecular formula is C14H19N3OS. The molecule has 102 valence electrons. The van der Waals surface area contributed by atoms with Crippen LogP contribution in [0, 0.1) is 23.2 Å². The molecule has 1 amide bonds. The van der Waals surface area contributed by atoms with Gasteiger partial charge in [0.15, 0.2) is 5.13 Å². The SMILES string of the molecule is CC1(C)CCCC1C(=O)Nc1ncc(C#CCN)s1. The van der Waals surface area contributed by atoms with E-state index in [1.165, 1.54) is 11.3 Å². The van der Waals surface area contributed by atoms with Gasteiger partial charge in [-0.25, -0.2) is 4.98 Å². The van der Waals surface area contributed by atoms with Crippen molar-refractivity contribution in [2.75, 3.05) is 11.9 Å². The van der Waals surface area contributed by atoms with Gasteiger partial charge in [0.25, 0.3) is 0 Å². The first-order chi connectivity index (χ1) is 9.03. The fourth-order valence-electron chi connectivity index (χ4n) is 2.53. The quantitative estimate of drug-likeness (QED) is 0.814. The zero-order valence-corrected chi connectivity index (χ0v) is 12.1. The highest BCUT2D eigenvalue weighted by Gasteiger charge is 2.39. The molecule has 19 heavy (non-hydrogen) atoms. The Morgan fingerprint density at radius 3 is 3.11 bits per heavy atom. The van der Waals surface area contributed by atoms with Crippen LogP contribution in [0.2, 0.25) is 0 Å². The van der Waals surface area contributed by atoms with Crippen molar-refractivity contribution in [3.8, 4) is 11.8 Å². The third-order valence-electron chi connectivity index (χ3n) is 3.62. The van der Waals surface area contributed by atoms with Gasteiger partial charge < -0.3 is 11.1 Å². The van der Waals surface area contributed by atoms with Gasteiger partial charge in [0.2, 0.25) is 5.91 Å². The Morgan fingerprint density at radius 1 is 1.68 bits per heavy atom. The Balaban J connectivity index is 2.01. The summed E-state index contributed by atoms with van der Waals surface area (Å²) in [7, 11) is 0. The maximum atomic E-state index is 12.3. The Morgan fingerprint density at radius 2 is 2.47 bits per heavy atom. The smallest absolute Gasteiger partial charge is 0.229 e. The molecule has 0 spiro atoms. The highest BCUT2D eigenvalue weighted by molar-refractivity contribution is 7.16. The first kappa shape index (κ1) is 14.0. The van der Waals surface area contributed by atoms with Crippen LogP contribution < -0.4 is 11.1 Å². The predicted octanol–water partition coefficient (Wildman–Crippen LogP) is 2.22. The summed E-state index contributed by atoms with van der Waals surface area (Å²) in [6.45, 7) is 4.64. The third-order valence-corrected chi connectivity index (χ3v) is 4.45. The molecule has 1 saturated carbocycles. The van der Waals surface area contributed by atoms with E-state index in [4.69, 9.17) is 5.73 Å². The molecule has 1 aromatic rings. The van der Waals surface area contributed by atoms with Gasteiger partial charge >= 0.3 is 0 Å². The van der Waals surface area contributed by atoms with E-state index in [0.29, 0.717) is 11.7 Å². The Hall–Kier alpha value is -1.38. The van der Waals surface area contributed by atoms with E-state index in [1.807, 2.05) is 0 Å². The lowest BCUT2D eigenvalue weighted by Crippen LogP contribution is -2.30. The van der Waals surface area contributed by atoms with Crippen LogP contribution in [-0.4, -0.2) is 17.4 Å². The van der Waals surface area contributed by atoms with E-state index in [2.05, 4.69) is 36.0 Å². The molecule has 1 aliphatic rings. The lowest BCUT2D eigenvalue weighted by atomic mass is 9.81. The highest BCUT2D eigenvalue weighted by Crippen LogP contribution is 2.43. The van der Waals surface area contributed by atoms with Gasteiger partial charge in [-0.05, 0) is 18.3 Å². The largest absolute Gasteiger partial charge is 0.320 e. The van der Waals surface area contributed by atoms with Crippen LogP contribution in [0.25, 0.3) is 0 Å². The van der Waals surface area contributed by atoms with E-state index in [-0.39, 0.29) is 17.2 Å². The van der Waals surface area contributed by atoms with Crippen LogP contribution >= 0.6 is 11.3 Å². The van der Waals surface area contributed by atoms with Gasteiger partial charge in [0.1, 0.15) is 0 Å². The first-order valence-electron chi connectivity index (χ1n) is 6.48. The fourth-order valence-corrected chi connectivity index (χ4v) is 3.23. The summed E-state index contributed by atoms with van der Waals surface area (Å²) >= 11 is 1.39. The molecule has 1 fully saturated rings. The fraction of sp³-hybridized carbons (Fsp3) is 0.571. The van der Waals surface area contributed by atoms with Crippen LogP contribution in [0.3, 0.4) is 0 Å². The number of nitrogens with one attached hydrogen (secondary N) is 1. The van der Waals surface area contributed by atoms with Crippen LogP contribution in [0.5, 0.6) is 0 Å². The molecule has 0 radical (unpaired) electrons. The Bertz CT molecular complexity index is 524. The summed E-state index contributed by atoms with van der Waals surface area (Å²) in [6, 6.07) is 0. The molecule has 2 rings (SSSR count). The minimum Gasteiger partial charge on any atom is -0.320 e. The lowest BCUT2D eigenvalue weighted by Gasteiger charge is -2.25. The summed E-state index contributed by atoms with van der Waals surface area (Å²) in [6.07, 6.45) is 4.86. The van der Waals surface area contributed by atoms with E-state index in [9.17, 15) is 4.79 Å². The van der Waals surface area contributed by atoms with Crippen molar-refractivity contribution < 1.29 is 4.79 Å². The van der Waals surface area contributed by atoms with Crippen molar-refractivity contribution >= 4 is 22.4 Å². The molecule has 0 saturated heterocycles. The number of thiazole rings is 1. The number of amides is 1. The monoisotopic (exact) mass is 277 g/mol. The highest BCUT2D eigenvalue weighted by atomic mass is 32.1. The molecule has 3 N–H and O–H groups in total. The van der Waals surface area contributed by atoms with Crippen molar-refractivity contribution in [3.05, 3.63) is 11.1 Å². The number of anilines is 1. The van der Waals surface area contributed by atoms with E-state index >= 15 is 0 Å². The normalized spacial score (nSPS) is 20.7. The van der Waals surface area contributed by atoms with Crippen molar-refractivity contribution in [3.63, 3.8) is 0 Å². The number of hydrogen-bond donors (Lipinski definition) is 2. The minimum absolute atomic E-state index is 0.0787. The van der Waals surface area contributed by atoms with Crippen LogP contribution in [0.15, 0.2) is 6.20 Å². The number of hydrogen-bond acceptors (Lipinski definition) is 4. The molecule has 1 unspecified atom stereocenters. The topological polar surface area (TPSA) is 68.0 Å². The first-order valence-corrected chi connectivity index (χ1v) is 7.30. The third kappa shape index (κ3) is 3.34. The summed E-state index contributed by atoms with van der Waals surface area (Å²) in [5.74, 6) is 5.85. The molecule has 5 heteroatoms. The maximum absolute atomic E-state index is 12.3. The second-order valence-electron chi connectivity index (χ2n) is 5.46. The summed E-state index contributed by atoms with van der Waals surface area (Å²) < 4.78 is 0.